The number of amides is 1. The molecule has 2 unspecified atom stereocenters. The molecule has 3 aromatic rings. The van der Waals surface area contributed by atoms with E-state index in [-0.39, 0.29) is 29.3 Å². The monoisotopic (exact) mass is 385 g/mol. The normalized spacial score (nSPS) is 13.3. The van der Waals surface area contributed by atoms with Crippen LogP contribution in [0.3, 0.4) is 0 Å². The van der Waals surface area contributed by atoms with Gasteiger partial charge in [0.1, 0.15) is 5.82 Å². The lowest BCUT2D eigenvalue weighted by atomic mass is 10.1. The molecule has 0 aliphatic carbocycles. The van der Waals surface area contributed by atoms with Crippen LogP contribution >= 0.6 is 0 Å². The third-order valence-corrected chi connectivity index (χ3v) is 4.65. The van der Waals surface area contributed by atoms with Gasteiger partial charge in [-0.15, -0.1) is 0 Å². The van der Waals surface area contributed by atoms with Crippen molar-refractivity contribution in [2.75, 3.05) is 10.6 Å². The molecular formula is C19H24FN7O. The number of hydrogen-bond acceptors (Lipinski definition) is 6. The number of fused-ring (bicyclic) bond motifs is 1. The number of rotatable bonds is 7. The van der Waals surface area contributed by atoms with Gasteiger partial charge >= 0.3 is 0 Å². The fraction of sp³-hybridized carbons (Fsp3) is 0.316. The third kappa shape index (κ3) is 3.89. The number of nitrogens with zero attached hydrogens (tertiary/aromatic N) is 3. The number of carbonyl (C=O) groups is 1. The molecule has 1 aromatic carbocycles. The van der Waals surface area contributed by atoms with E-state index in [2.05, 4.69) is 20.7 Å². The number of pyridine rings is 1. The van der Waals surface area contributed by atoms with Crippen LogP contribution < -0.4 is 22.1 Å². The molecule has 6 N–H and O–H groups in total. The van der Waals surface area contributed by atoms with Gasteiger partial charge in [0.15, 0.2) is 11.6 Å². The molecule has 8 nitrogen and oxygen atoms in total. The topological polar surface area (TPSA) is 124 Å². The maximum Gasteiger partial charge on any atom is 0.252 e. The number of aryl methyl sites for hydroxylation is 1. The smallest absolute Gasteiger partial charge is 0.252 e. The number of carbonyl (C=O) groups excluding carboxylic acids is 1. The average Bonchev–Trinajstić information content (AvgIpc) is 3.01. The van der Waals surface area contributed by atoms with E-state index in [1.807, 2.05) is 39.1 Å². The first-order valence-corrected chi connectivity index (χ1v) is 9.01. The molecule has 148 valence electrons. The van der Waals surface area contributed by atoms with E-state index in [9.17, 15) is 9.18 Å². The van der Waals surface area contributed by atoms with Crippen LogP contribution in [0, 0.1) is 5.82 Å². The second-order valence-corrected chi connectivity index (χ2v) is 6.76. The quantitative estimate of drug-likeness (QED) is 0.495. The van der Waals surface area contributed by atoms with Gasteiger partial charge in [-0.3, -0.25) is 9.48 Å². The molecule has 0 saturated carbocycles. The summed E-state index contributed by atoms with van der Waals surface area (Å²) in [5.74, 6) is -1.27. The van der Waals surface area contributed by atoms with E-state index in [0.29, 0.717) is 12.1 Å². The molecule has 0 radical (unpaired) electrons. The van der Waals surface area contributed by atoms with Crippen LogP contribution in [0.2, 0.25) is 0 Å². The summed E-state index contributed by atoms with van der Waals surface area (Å²) < 4.78 is 16.2. The van der Waals surface area contributed by atoms with Crippen LogP contribution in [0.1, 0.15) is 30.6 Å². The van der Waals surface area contributed by atoms with E-state index in [4.69, 9.17) is 11.5 Å². The van der Waals surface area contributed by atoms with Gasteiger partial charge in [-0.2, -0.15) is 5.10 Å². The number of anilines is 3. The lowest BCUT2D eigenvalue weighted by Gasteiger charge is -2.22. The van der Waals surface area contributed by atoms with Crippen LogP contribution in [0.25, 0.3) is 10.9 Å². The zero-order chi connectivity index (χ0) is 20.4. The lowest BCUT2D eigenvalue weighted by Crippen LogP contribution is -2.38. The summed E-state index contributed by atoms with van der Waals surface area (Å²) in [6.07, 6.45) is 2.45. The van der Waals surface area contributed by atoms with E-state index >= 15 is 0 Å². The van der Waals surface area contributed by atoms with Gasteiger partial charge in [-0.1, -0.05) is 6.92 Å². The van der Waals surface area contributed by atoms with Gasteiger partial charge in [0, 0.05) is 30.2 Å². The zero-order valence-corrected chi connectivity index (χ0v) is 16.0. The van der Waals surface area contributed by atoms with Crippen LogP contribution in [-0.4, -0.2) is 32.8 Å². The second kappa shape index (κ2) is 7.81. The maximum atomic E-state index is 14.5. The largest absolute Gasteiger partial charge is 0.365 e. The highest BCUT2D eigenvalue weighted by Gasteiger charge is 2.19. The second-order valence-electron chi connectivity index (χ2n) is 6.76. The number of nitrogens with one attached hydrogen (secondary N) is 2. The van der Waals surface area contributed by atoms with Gasteiger partial charge in [0.25, 0.3) is 5.91 Å². The maximum absolute atomic E-state index is 14.5. The predicted octanol–water partition coefficient (Wildman–Crippen LogP) is 2.49. The fourth-order valence-corrected chi connectivity index (χ4v) is 3.01. The SMILES string of the molecule is CCC(Nc1nc(Nc2ccc3cnn(C)c3c2)c(C(N)=O)cc1F)C(C)N. The molecule has 1 amide bonds. The average molecular weight is 385 g/mol. The molecule has 0 aliphatic rings. The first-order chi connectivity index (χ1) is 13.3. The fourth-order valence-electron chi connectivity index (χ4n) is 3.01. The van der Waals surface area contributed by atoms with Gasteiger partial charge in [0.2, 0.25) is 0 Å². The van der Waals surface area contributed by atoms with E-state index in [1.165, 1.54) is 0 Å². The molecule has 2 aromatic heterocycles. The van der Waals surface area contributed by atoms with Crippen molar-refractivity contribution in [1.82, 2.24) is 14.8 Å². The molecule has 0 bridgehead atoms. The van der Waals surface area contributed by atoms with Crippen LogP contribution in [0.15, 0.2) is 30.5 Å². The van der Waals surface area contributed by atoms with E-state index in [1.54, 1.807) is 10.9 Å². The molecule has 3 rings (SSSR count). The van der Waals surface area contributed by atoms with Crippen molar-refractivity contribution in [3.63, 3.8) is 0 Å². The Morgan fingerprint density at radius 3 is 2.71 bits per heavy atom. The molecule has 0 aliphatic heterocycles. The van der Waals surface area contributed by atoms with Crippen molar-refractivity contribution in [3.8, 4) is 0 Å². The summed E-state index contributed by atoms with van der Waals surface area (Å²) in [5, 5.41) is 11.2. The third-order valence-electron chi connectivity index (χ3n) is 4.65. The highest BCUT2D eigenvalue weighted by Crippen LogP contribution is 2.26. The number of aromatic nitrogens is 3. The summed E-state index contributed by atoms with van der Waals surface area (Å²) in [4.78, 5) is 16.1. The molecule has 9 heteroatoms. The van der Waals surface area contributed by atoms with Crippen LogP contribution in [0.4, 0.5) is 21.7 Å². The minimum absolute atomic E-state index is 0.0123. The van der Waals surface area contributed by atoms with Crippen molar-refractivity contribution >= 4 is 34.1 Å². The zero-order valence-electron chi connectivity index (χ0n) is 16.0. The van der Waals surface area contributed by atoms with Crippen molar-refractivity contribution in [3.05, 3.63) is 41.8 Å². The summed E-state index contributed by atoms with van der Waals surface area (Å²) >= 11 is 0. The summed E-state index contributed by atoms with van der Waals surface area (Å²) in [5.41, 5.74) is 12.9. The molecule has 2 atom stereocenters. The number of nitrogens with two attached hydrogens (primary N) is 2. The van der Waals surface area contributed by atoms with Crippen LogP contribution in [0.5, 0.6) is 0 Å². The summed E-state index contributed by atoms with van der Waals surface area (Å²) in [7, 11) is 1.83. The molecular weight excluding hydrogens is 361 g/mol. The van der Waals surface area contributed by atoms with Gasteiger partial charge in [-0.05, 0) is 37.6 Å². The Balaban J connectivity index is 2.00. The number of hydrogen-bond donors (Lipinski definition) is 4. The highest BCUT2D eigenvalue weighted by molar-refractivity contribution is 5.99. The summed E-state index contributed by atoms with van der Waals surface area (Å²) in [6.45, 7) is 3.78. The van der Waals surface area contributed by atoms with Gasteiger partial charge in [-0.25, -0.2) is 9.37 Å². The molecule has 0 fully saturated rings. The van der Waals surface area contributed by atoms with E-state index in [0.717, 1.165) is 17.0 Å². The number of halogens is 1. The Hall–Kier alpha value is -3.20. The van der Waals surface area contributed by atoms with Gasteiger partial charge < -0.3 is 22.1 Å². The summed E-state index contributed by atoms with van der Waals surface area (Å²) in [6, 6.07) is 6.29. The molecule has 2 heterocycles. The molecule has 0 saturated heterocycles. The minimum Gasteiger partial charge on any atom is -0.365 e. The van der Waals surface area contributed by atoms with E-state index < -0.39 is 11.7 Å². The highest BCUT2D eigenvalue weighted by atomic mass is 19.1. The standard InChI is InChI=1S/C19H24FN7O/c1-4-15(10(2)21)25-19-14(20)8-13(17(22)28)18(26-19)24-12-6-5-11-9-23-27(3)16(11)7-12/h5-10,15H,4,21H2,1-3H3,(H2,22,28)(H2,24,25,26). The Labute approximate surface area is 162 Å². The first-order valence-electron chi connectivity index (χ1n) is 9.01. The number of benzene rings is 1. The van der Waals surface area contributed by atoms with Crippen molar-refractivity contribution in [2.24, 2.45) is 18.5 Å². The predicted molar refractivity (Wildman–Crippen MR) is 108 cm³/mol. The lowest BCUT2D eigenvalue weighted by molar-refractivity contribution is 0.100. The van der Waals surface area contributed by atoms with Crippen molar-refractivity contribution in [2.45, 2.75) is 32.4 Å². The Kier molecular flexibility index (Phi) is 5.46. The first kappa shape index (κ1) is 19.6. The van der Waals surface area contributed by atoms with Crippen LogP contribution in [-0.2, 0) is 7.05 Å². The number of primary amides is 1. The van der Waals surface area contributed by atoms with Crippen molar-refractivity contribution < 1.29 is 9.18 Å². The molecule has 28 heavy (non-hydrogen) atoms. The van der Waals surface area contributed by atoms with Crippen molar-refractivity contribution in [1.29, 1.82) is 0 Å². The van der Waals surface area contributed by atoms with Gasteiger partial charge in [0.05, 0.1) is 17.3 Å². The minimum atomic E-state index is -0.777. The Morgan fingerprint density at radius 1 is 1.32 bits per heavy atom. The Bertz CT molecular complexity index is 1010. The molecule has 0 spiro atoms. The Morgan fingerprint density at radius 2 is 2.07 bits per heavy atom.